The third kappa shape index (κ3) is 4.46. The Bertz CT molecular complexity index is 889. The lowest BCUT2D eigenvalue weighted by Crippen LogP contribution is -2.34. The van der Waals surface area contributed by atoms with Crippen LogP contribution in [-0.2, 0) is 0 Å². The van der Waals surface area contributed by atoms with Gasteiger partial charge in [-0.1, -0.05) is 23.7 Å². The summed E-state index contributed by atoms with van der Waals surface area (Å²) in [5.41, 5.74) is -0.903. The number of nitrogens with zero attached hydrogens (tertiary/aromatic N) is 2. The SMILES string of the molecule is O=C(NC(=S)Nc1ccc(Cl)cc1[N+](=O)[O-])c1ccccc1[N+](=O)[O-]. The van der Waals surface area contributed by atoms with Crippen LogP contribution in [-0.4, -0.2) is 20.9 Å². The number of hydrogen-bond acceptors (Lipinski definition) is 6. The molecule has 2 aromatic rings. The molecule has 9 nitrogen and oxygen atoms in total. The van der Waals surface area contributed by atoms with Crippen molar-refractivity contribution in [1.29, 1.82) is 0 Å². The molecule has 0 radical (unpaired) electrons. The van der Waals surface area contributed by atoms with Crippen LogP contribution in [0.1, 0.15) is 10.4 Å². The highest BCUT2D eigenvalue weighted by molar-refractivity contribution is 7.80. The Morgan fingerprint density at radius 2 is 1.68 bits per heavy atom. The minimum absolute atomic E-state index is 0.0160. The first-order valence-corrected chi connectivity index (χ1v) is 7.38. The van der Waals surface area contributed by atoms with Crippen LogP contribution in [0.3, 0.4) is 0 Å². The van der Waals surface area contributed by atoms with E-state index in [1.54, 1.807) is 0 Å². The number of nitro benzene ring substituents is 2. The molecule has 0 bridgehead atoms. The number of benzene rings is 2. The normalized spacial score (nSPS) is 9.96. The molecule has 11 heteroatoms. The number of hydrogen-bond donors (Lipinski definition) is 2. The Morgan fingerprint density at radius 3 is 2.32 bits per heavy atom. The number of halogens is 1. The highest BCUT2D eigenvalue weighted by Crippen LogP contribution is 2.27. The van der Waals surface area contributed by atoms with E-state index in [9.17, 15) is 25.0 Å². The highest BCUT2D eigenvalue weighted by Gasteiger charge is 2.21. The number of anilines is 1. The smallest absolute Gasteiger partial charge is 0.294 e. The topological polar surface area (TPSA) is 127 Å². The molecule has 2 aromatic carbocycles. The first kappa shape index (κ1) is 18.2. The summed E-state index contributed by atoms with van der Waals surface area (Å²) in [5.74, 6) is -0.818. The molecule has 0 saturated heterocycles. The largest absolute Gasteiger partial charge is 0.327 e. The predicted octanol–water partition coefficient (Wildman–Crippen LogP) is 3.28. The van der Waals surface area contributed by atoms with Crippen molar-refractivity contribution < 1.29 is 14.6 Å². The molecule has 0 atom stereocenters. The van der Waals surface area contributed by atoms with Gasteiger partial charge in [0.1, 0.15) is 11.3 Å². The lowest BCUT2D eigenvalue weighted by atomic mass is 10.1. The maximum atomic E-state index is 12.1. The molecule has 0 aliphatic rings. The molecule has 0 unspecified atom stereocenters. The average molecular weight is 381 g/mol. The number of nitrogens with one attached hydrogen (secondary N) is 2. The number of carbonyl (C=O) groups is 1. The second-order valence-corrected chi connectivity index (χ2v) is 5.45. The van der Waals surface area contributed by atoms with Gasteiger partial charge in [0.05, 0.1) is 9.85 Å². The second-order valence-electron chi connectivity index (χ2n) is 4.60. The van der Waals surface area contributed by atoms with Crippen molar-refractivity contribution in [3.8, 4) is 0 Å². The quantitative estimate of drug-likeness (QED) is 0.473. The first-order chi connectivity index (χ1) is 11.8. The number of nitro groups is 2. The third-order valence-corrected chi connectivity index (χ3v) is 3.42. The number of amides is 1. The molecule has 1 amide bonds. The van der Waals surface area contributed by atoms with Crippen molar-refractivity contribution in [3.63, 3.8) is 0 Å². The summed E-state index contributed by atoms with van der Waals surface area (Å²) in [5, 5.41) is 26.6. The molecule has 2 rings (SSSR count). The van der Waals surface area contributed by atoms with E-state index in [1.807, 2.05) is 0 Å². The second kappa shape index (κ2) is 7.64. The van der Waals surface area contributed by atoms with Crippen LogP contribution in [0.5, 0.6) is 0 Å². The maximum absolute atomic E-state index is 12.1. The lowest BCUT2D eigenvalue weighted by Gasteiger charge is -2.10. The van der Waals surface area contributed by atoms with E-state index in [4.69, 9.17) is 23.8 Å². The van der Waals surface area contributed by atoms with Crippen molar-refractivity contribution in [3.05, 3.63) is 73.3 Å². The molecule has 0 saturated carbocycles. The Labute approximate surface area is 150 Å². The van der Waals surface area contributed by atoms with E-state index in [0.717, 1.165) is 6.07 Å². The zero-order chi connectivity index (χ0) is 18.6. The predicted molar refractivity (Wildman–Crippen MR) is 94.9 cm³/mol. The van der Waals surface area contributed by atoms with Gasteiger partial charge >= 0.3 is 0 Å². The van der Waals surface area contributed by atoms with Crippen LogP contribution in [0.4, 0.5) is 17.1 Å². The van der Waals surface area contributed by atoms with Gasteiger partial charge in [-0.2, -0.15) is 0 Å². The molecule has 0 spiro atoms. The summed E-state index contributed by atoms with van der Waals surface area (Å²) in [6.07, 6.45) is 0. The van der Waals surface area contributed by atoms with Gasteiger partial charge in [0.25, 0.3) is 17.3 Å². The van der Waals surface area contributed by atoms with E-state index in [-0.39, 0.29) is 32.8 Å². The Hall–Kier alpha value is -3.11. The molecule has 0 fully saturated rings. The van der Waals surface area contributed by atoms with Gasteiger partial charge < -0.3 is 5.32 Å². The van der Waals surface area contributed by atoms with E-state index in [1.165, 1.54) is 36.4 Å². The standard InChI is InChI=1S/C14H9ClN4O5S/c15-8-5-6-10(12(7-8)19(23)24)16-14(25)17-13(20)9-3-1-2-4-11(9)18(21)22/h1-7H,(H2,16,17,20,25). The van der Waals surface area contributed by atoms with Gasteiger partial charge in [-0.3, -0.25) is 30.3 Å². The van der Waals surface area contributed by atoms with Gasteiger partial charge in [0.2, 0.25) is 0 Å². The molecular weight excluding hydrogens is 372 g/mol. The highest BCUT2D eigenvalue weighted by atomic mass is 35.5. The molecule has 0 aromatic heterocycles. The molecule has 0 aliphatic carbocycles. The van der Waals surface area contributed by atoms with Crippen molar-refractivity contribution in [2.24, 2.45) is 0 Å². The van der Waals surface area contributed by atoms with Gasteiger partial charge in [0.15, 0.2) is 5.11 Å². The summed E-state index contributed by atoms with van der Waals surface area (Å²) >= 11 is 10.6. The summed E-state index contributed by atoms with van der Waals surface area (Å²) in [4.78, 5) is 32.7. The van der Waals surface area contributed by atoms with E-state index < -0.39 is 15.8 Å². The first-order valence-electron chi connectivity index (χ1n) is 6.59. The van der Waals surface area contributed by atoms with E-state index in [0.29, 0.717) is 0 Å². The minimum Gasteiger partial charge on any atom is -0.327 e. The molecule has 0 heterocycles. The number of carbonyl (C=O) groups excluding carboxylic acids is 1. The van der Waals surface area contributed by atoms with Gasteiger partial charge in [-0.15, -0.1) is 0 Å². The van der Waals surface area contributed by atoms with Crippen molar-refractivity contribution in [2.75, 3.05) is 5.32 Å². The minimum atomic E-state index is -0.818. The summed E-state index contributed by atoms with van der Waals surface area (Å²) in [7, 11) is 0. The van der Waals surface area contributed by atoms with Crippen molar-refractivity contribution in [1.82, 2.24) is 5.32 Å². The fourth-order valence-electron chi connectivity index (χ4n) is 1.91. The summed E-state index contributed by atoms with van der Waals surface area (Å²) in [6.45, 7) is 0. The van der Waals surface area contributed by atoms with Gasteiger partial charge in [-0.25, -0.2) is 0 Å². The Kier molecular flexibility index (Phi) is 5.57. The molecule has 0 aliphatic heterocycles. The fourth-order valence-corrected chi connectivity index (χ4v) is 2.28. The van der Waals surface area contributed by atoms with Crippen LogP contribution < -0.4 is 10.6 Å². The molecule has 25 heavy (non-hydrogen) atoms. The van der Waals surface area contributed by atoms with Crippen LogP contribution in [0.25, 0.3) is 0 Å². The summed E-state index contributed by atoms with van der Waals surface area (Å²) in [6, 6.07) is 9.17. The van der Waals surface area contributed by atoms with Crippen LogP contribution >= 0.6 is 23.8 Å². The molecular formula is C14H9ClN4O5S. The molecule has 2 N–H and O–H groups in total. The zero-order valence-electron chi connectivity index (χ0n) is 12.3. The van der Waals surface area contributed by atoms with Crippen molar-refractivity contribution >= 4 is 51.9 Å². The van der Waals surface area contributed by atoms with Crippen LogP contribution in [0.15, 0.2) is 42.5 Å². The van der Waals surface area contributed by atoms with E-state index in [2.05, 4.69) is 10.6 Å². The monoisotopic (exact) mass is 380 g/mol. The zero-order valence-corrected chi connectivity index (χ0v) is 13.8. The van der Waals surface area contributed by atoms with Crippen LogP contribution in [0.2, 0.25) is 5.02 Å². The van der Waals surface area contributed by atoms with Crippen LogP contribution in [0, 0.1) is 20.2 Å². The van der Waals surface area contributed by atoms with Crippen molar-refractivity contribution in [2.45, 2.75) is 0 Å². The number of para-hydroxylation sites is 1. The Balaban J connectivity index is 2.18. The molecule has 128 valence electrons. The number of thiocarbonyl (C=S) groups is 1. The summed E-state index contributed by atoms with van der Waals surface area (Å²) < 4.78 is 0. The van der Waals surface area contributed by atoms with E-state index >= 15 is 0 Å². The third-order valence-electron chi connectivity index (χ3n) is 2.98. The fraction of sp³-hybridized carbons (Fsp3) is 0. The van der Waals surface area contributed by atoms with Gasteiger partial charge in [0, 0.05) is 17.2 Å². The Morgan fingerprint density at radius 1 is 1.04 bits per heavy atom. The maximum Gasteiger partial charge on any atom is 0.294 e. The average Bonchev–Trinajstić information content (AvgIpc) is 2.56. The number of rotatable bonds is 4. The lowest BCUT2D eigenvalue weighted by molar-refractivity contribution is -0.385. The van der Waals surface area contributed by atoms with Gasteiger partial charge in [-0.05, 0) is 30.4 Å².